The van der Waals surface area contributed by atoms with E-state index < -0.39 is 5.63 Å². The van der Waals surface area contributed by atoms with E-state index in [1.807, 2.05) is 0 Å². The van der Waals surface area contributed by atoms with E-state index in [0.717, 1.165) is 0 Å². The van der Waals surface area contributed by atoms with Gasteiger partial charge in [0.15, 0.2) is 0 Å². The average Bonchev–Trinajstić information content (AvgIpc) is 2.33. The lowest BCUT2D eigenvalue weighted by atomic mass is 10.1. The van der Waals surface area contributed by atoms with Crippen LogP contribution < -0.4 is 11.0 Å². The Morgan fingerprint density at radius 1 is 1.35 bits per heavy atom. The van der Waals surface area contributed by atoms with E-state index >= 15 is 0 Å². The number of aliphatic hydroxyl groups is 1. The summed E-state index contributed by atoms with van der Waals surface area (Å²) in [6.07, 6.45) is 0. The molecular weight excluding hydrogens is 306 g/mol. The molecule has 0 amide bonds. The third kappa shape index (κ3) is 2.94. The van der Waals surface area contributed by atoms with Crippen LogP contribution in [0.5, 0.6) is 5.75 Å². The summed E-state index contributed by atoms with van der Waals surface area (Å²) in [7, 11) is 2.47. The second kappa shape index (κ2) is 5.96. The summed E-state index contributed by atoms with van der Waals surface area (Å²) in [5.41, 5.74) is 0.183. The van der Waals surface area contributed by atoms with Crippen molar-refractivity contribution in [2.75, 3.05) is 0 Å². The summed E-state index contributed by atoms with van der Waals surface area (Å²) < 4.78 is 5.38. The van der Waals surface area contributed by atoms with E-state index in [0.29, 0.717) is 15.4 Å². The van der Waals surface area contributed by atoms with Gasteiger partial charge in [0.05, 0.1) is 11.1 Å². The van der Waals surface area contributed by atoms with Crippen molar-refractivity contribution in [3.8, 4) is 5.75 Å². The number of halogens is 1. The number of aliphatic hydroxyl groups excluding tert-OH is 1. The standard InChI is InChI=1S/C10H7BrO4.H2NSi/c11-7-2-6-5(4-12)1-10(14)15-9(6)3-8(7)13;1-2/h1-3,12-13H,4H2;1H2. The van der Waals surface area contributed by atoms with Gasteiger partial charge in [-0.2, -0.15) is 0 Å². The number of hydrogen-bond acceptors (Lipinski definition) is 5. The molecule has 2 rings (SSSR count). The van der Waals surface area contributed by atoms with Crippen LogP contribution in [0.4, 0.5) is 0 Å². The molecule has 3 radical (unpaired) electrons. The third-order valence-corrected chi connectivity index (χ3v) is 2.70. The minimum atomic E-state index is -0.548. The van der Waals surface area contributed by atoms with Gasteiger partial charge in [0, 0.05) is 17.5 Å². The molecule has 0 bridgehead atoms. The zero-order chi connectivity index (χ0) is 13.0. The molecule has 0 spiro atoms. The first-order valence-electron chi connectivity index (χ1n) is 4.47. The highest BCUT2D eigenvalue weighted by atomic mass is 79.9. The van der Waals surface area contributed by atoms with Gasteiger partial charge in [-0.1, -0.05) is 0 Å². The molecule has 5 nitrogen and oxygen atoms in total. The largest absolute Gasteiger partial charge is 0.507 e. The van der Waals surface area contributed by atoms with Crippen molar-refractivity contribution < 1.29 is 14.6 Å². The van der Waals surface area contributed by atoms with Gasteiger partial charge in [-0.25, -0.2) is 4.79 Å². The smallest absolute Gasteiger partial charge is 0.336 e. The molecule has 0 aliphatic heterocycles. The summed E-state index contributed by atoms with van der Waals surface area (Å²) in [4.78, 5) is 11.1. The van der Waals surface area contributed by atoms with Crippen LogP contribution in [0.1, 0.15) is 5.56 Å². The first-order chi connectivity index (χ1) is 8.11. The minimum Gasteiger partial charge on any atom is -0.507 e. The fourth-order valence-electron chi connectivity index (χ4n) is 1.37. The van der Waals surface area contributed by atoms with E-state index in [4.69, 9.17) is 9.52 Å². The molecule has 1 heterocycles. The maximum atomic E-state index is 11.1. The maximum Gasteiger partial charge on any atom is 0.336 e. The SMILES string of the molecule is N[Si].O=c1cc(CO)c2cc(Br)c(O)cc2o1. The molecule has 0 unspecified atom stereocenters. The van der Waals surface area contributed by atoms with Crippen LogP contribution in [0.3, 0.4) is 0 Å². The van der Waals surface area contributed by atoms with Crippen LogP contribution in [0.25, 0.3) is 11.0 Å². The number of aromatic hydroxyl groups is 1. The van der Waals surface area contributed by atoms with Crippen LogP contribution in [0.15, 0.2) is 31.9 Å². The molecule has 2 aromatic rings. The van der Waals surface area contributed by atoms with E-state index in [2.05, 4.69) is 31.7 Å². The quantitative estimate of drug-likeness (QED) is 0.534. The summed E-state index contributed by atoms with van der Waals surface area (Å²) in [6, 6.07) is 4.16. The molecule has 4 N–H and O–H groups in total. The Labute approximate surface area is 108 Å². The average molecular weight is 315 g/mol. The summed E-state index contributed by atoms with van der Waals surface area (Å²) >= 11 is 3.15. The van der Waals surface area contributed by atoms with Gasteiger partial charge in [-0.3, -0.25) is 0 Å². The monoisotopic (exact) mass is 314 g/mol. The van der Waals surface area contributed by atoms with E-state index in [1.165, 1.54) is 12.1 Å². The molecule has 0 aliphatic carbocycles. The minimum absolute atomic E-state index is 0.0132. The fraction of sp³-hybridized carbons (Fsp3) is 0.100. The number of rotatable bonds is 1. The molecular formula is C10H9BrNO4Si. The van der Waals surface area contributed by atoms with Gasteiger partial charge in [0.1, 0.15) is 21.7 Å². The van der Waals surface area contributed by atoms with E-state index in [9.17, 15) is 9.90 Å². The first-order valence-corrected chi connectivity index (χ1v) is 5.84. The van der Waals surface area contributed by atoms with Gasteiger partial charge in [0.25, 0.3) is 0 Å². The summed E-state index contributed by atoms with van der Waals surface area (Å²) in [5.74, 6) is -0.0132. The number of phenols is 1. The van der Waals surface area contributed by atoms with Gasteiger partial charge in [0.2, 0.25) is 0 Å². The predicted octanol–water partition coefficient (Wildman–Crippen LogP) is 0.782. The molecule has 0 fully saturated rings. The van der Waals surface area contributed by atoms with E-state index in [1.54, 1.807) is 6.07 Å². The Bertz CT molecular complexity index is 584. The second-order valence-corrected chi connectivity index (χ2v) is 3.90. The Morgan fingerprint density at radius 2 is 2.00 bits per heavy atom. The second-order valence-electron chi connectivity index (χ2n) is 3.05. The zero-order valence-electron chi connectivity index (χ0n) is 8.61. The number of phenolic OH excluding ortho intramolecular Hbond substituents is 1. The number of nitrogens with two attached hydrogens (primary N) is 1. The van der Waals surface area contributed by atoms with Crippen LogP contribution in [0, 0.1) is 0 Å². The lowest BCUT2D eigenvalue weighted by molar-refractivity contribution is 0.282. The van der Waals surface area contributed by atoms with Gasteiger partial charge >= 0.3 is 5.63 Å². The topological polar surface area (TPSA) is 96.7 Å². The molecule has 0 saturated heterocycles. The molecule has 1 aromatic carbocycles. The zero-order valence-corrected chi connectivity index (χ0v) is 11.2. The lowest BCUT2D eigenvalue weighted by Gasteiger charge is -2.03. The summed E-state index contributed by atoms with van der Waals surface area (Å²) in [6.45, 7) is -0.251. The maximum absolute atomic E-state index is 11.1. The molecule has 0 saturated carbocycles. The molecule has 89 valence electrons. The van der Waals surface area contributed by atoms with Crippen molar-refractivity contribution in [2.24, 2.45) is 5.40 Å². The Kier molecular flexibility index (Phi) is 4.88. The van der Waals surface area contributed by atoms with Gasteiger partial charge in [-0.15, -0.1) is 0 Å². The Balaban J connectivity index is 0.000000686. The highest BCUT2D eigenvalue weighted by Crippen LogP contribution is 2.30. The first kappa shape index (κ1) is 13.9. The van der Waals surface area contributed by atoms with Gasteiger partial charge < -0.3 is 20.0 Å². The lowest BCUT2D eigenvalue weighted by Crippen LogP contribution is -2.00. The normalized spacial score (nSPS) is 9.88. The third-order valence-electron chi connectivity index (χ3n) is 2.07. The molecule has 17 heavy (non-hydrogen) atoms. The van der Waals surface area contributed by atoms with Crippen molar-refractivity contribution in [3.63, 3.8) is 0 Å². The van der Waals surface area contributed by atoms with Crippen LogP contribution >= 0.6 is 15.9 Å². The fourth-order valence-corrected chi connectivity index (χ4v) is 1.71. The van der Waals surface area contributed by atoms with Crippen molar-refractivity contribution >= 4 is 37.3 Å². The molecule has 7 heteroatoms. The van der Waals surface area contributed by atoms with Crippen molar-refractivity contribution in [3.05, 3.63) is 38.7 Å². The highest BCUT2D eigenvalue weighted by Gasteiger charge is 2.08. The predicted molar refractivity (Wildman–Crippen MR) is 67.7 cm³/mol. The molecule has 1 aromatic heterocycles. The summed E-state index contributed by atoms with van der Waals surface area (Å²) in [5, 5.41) is 23.4. The van der Waals surface area contributed by atoms with Crippen LogP contribution in [-0.4, -0.2) is 20.6 Å². The number of fused-ring (bicyclic) bond motifs is 1. The molecule has 0 atom stereocenters. The van der Waals surface area contributed by atoms with E-state index in [-0.39, 0.29) is 17.9 Å². The van der Waals surface area contributed by atoms with Crippen LogP contribution in [0.2, 0.25) is 0 Å². The Morgan fingerprint density at radius 3 is 2.59 bits per heavy atom. The molecule has 0 aliphatic rings. The van der Waals surface area contributed by atoms with Crippen molar-refractivity contribution in [1.82, 2.24) is 0 Å². The van der Waals surface area contributed by atoms with Crippen molar-refractivity contribution in [2.45, 2.75) is 6.61 Å². The van der Waals surface area contributed by atoms with Crippen LogP contribution in [-0.2, 0) is 6.61 Å². The Hall–Kier alpha value is -1.15. The van der Waals surface area contributed by atoms with Gasteiger partial charge in [-0.05, 0) is 27.6 Å². The van der Waals surface area contributed by atoms with Crippen molar-refractivity contribution in [1.29, 1.82) is 0 Å². The number of benzene rings is 1. The number of hydrogen-bond donors (Lipinski definition) is 3. The highest BCUT2D eigenvalue weighted by molar-refractivity contribution is 9.10.